The van der Waals surface area contributed by atoms with Crippen LogP contribution in [0, 0.1) is 39.2 Å². The van der Waals surface area contributed by atoms with Crippen molar-refractivity contribution >= 4 is 23.6 Å². The second-order valence-electron chi connectivity index (χ2n) is 10.7. The Morgan fingerprint density at radius 2 is 1.68 bits per heavy atom. The van der Waals surface area contributed by atoms with Crippen LogP contribution >= 0.6 is 0 Å². The minimum absolute atomic E-state index is 0.0588. The van der Waals surface area contributed by atoms with Gasteiger partial charge in [0.1, 0.15) is 17.7 Å². The van der Waals surface area contributed by atoms with E-state index in [0.29, 0.717) is 17.7 Å². The molecule has 3 amide bonds. The van der Waals surface area contributed by atoms with Gasteiger partial charge in [-0.25, -0.2) is 4.79 Å². The topological polar surface area (TPSA) is 87.7 Å². The van der Waals surface area contributed by atoms with E-state index in [0.717, 1.165) is 21.6 Å². The van der Waals surface area contributed by atoms with Gasteiger partial charge in [0.05, 0.1) is 0 Å². The summed E-state index contributed by atoms with van der Waals surface area (Å²) in [6.45, 7) is 14.8. The molecule has 7 heteroatoms. The van der Waals surface area contributed by atoms with Crippen LogP contribution in [0.2, 0.25) is 0 Å². The van der Waals surface area contributed by atoms with Crippen molar-refractivity contribution in [3.05, 3.63) is 64.7 Å². The van der Waals surface area contributed by atoms with E-state index in [1.54, 1.807) is 26.8 Å². The number of amides is 3. The molecule has 0 fully saturated rings. The first-order chi connectivity index (χ1) is 17.2. The summed E-state index contributed by atoms with van der Waals surface area (Å²) in [6, 6.07) is 13.4. The van der Waals surface area contributed by atoms with Crippen LogP contribution in [-0.2, 0) is 14.3 Å². The Morgan fingerprint density at radius 1 is 1.03 bits per heavy atom. The number of ether oxygens (including phenoxy) is 1. The van der Waals surface area contributed by atoms with Gasteiger partial charge >= 0.3 is 6.09 Å². The Hall–Kier alpha value is -3.79. The number of hydrogen-bond donors (Lipinski definition) is 2. The zero-order chi connectivity index (χ0) is 27.9. The fourth-order valence-electron chi connectivity index (χ4n) is 3.94. The first kappa shape index (κ1) is 29.4. The molecule has 2 unspecified atom stereocenters. The zero-order valence-electron chi connectivity index (χ0n) is 23.1. The van der Waals surface area contributed by atoms with Crippen LogP contribution in [-0.4, -0.2) is 34.5 Å². The lowest BCUT2D eigenvalue weighted by Crippen LogP contribution is -2.51. The zero-order valence-corrected chi connectivity index (χ0v) is 23.1. The molecule has 0 bridgehead atoms. The number of carbonyl (C=O) groups is 3. The molecule has 0 radical (unpaired) electrons. The predicted molar refractivity (Wildman–Crippen MR) is 147 cm³/mol. The molecule has 198 valence electrons. The highest BCUT2D eigenvalue weighted by Crippen LogP contribution is 2.28. The second kappa shape index (κ2) is 12.4. The summed E-state index contributed by atoms with van der Waals surface area (Å²) < 4.78 is 5.38. The average Bonchev–Trinajstić information content (AvgIpc) is 2.78. The van der Waals surface area contributed by atoms with Gasteiger partial charge in [0.2, 0.25) is 0 Å². The Labute approximate surface area is 221 Å². The number of para-hydroxylation sites is 1. The molecule has 37 heavy (non-hydrogen) atoms. The molecule has 0 spiro atoms. The van der Waals surface area contributed by atoms with Gasteiger partial charge in [-0.1, -0.05) is 62.2 Å². The predicted octanol–water partition coefficient (Wildman–Crippen LogP) is 5.65. The largest absolute Gasteiger partial charge is 0.444 e. The number of nitrogens with zero attached hydrogens (tertiary/aromatic N) is 1. The summed E-state index contributed by atoms with van der Waals surface area (Å²) in [5, 5.41) is 5.61. The van der Waals surface area contributed by atoms with Crippen LogP contribution in [0.4, 0.5) is 10.5 Å². The monoisotopic (exact) mass is 505 g/mol. The second-order valence-corrected chi connectivity index (χ2v) is 10.7. The quantitative estimate of drug-likeness (QED) is 0.358. The molecule has 2 N–H and O–H groups in total. The molecule has 0 aliphatic heterocycles. The van der Waals surface area contributed by atoms with E-state index in [4.69, 9.17) is 11.2 Å². The number of benzene rings is 2. The summed E-state index contributed by atoms with van der Waals surface area (Å²) in [5.41, 5.74) is 3.10. The molecule has 2 aromatic rings. The van der Waals surface area contributed by atoms with Crippen LogP contribution in [0.1, 0.15) is 69.3 Å². The van der Waals surface area contributed by atoms with E-state index >= 15 is 0 Å². The Kier molecular flexibility index (Phi) is 9.90. The third-order valence-corrected chi connectivity index (χ3v) is 5.71. The molecule has 2 aromatic carbocycles. The van der Waals surface area contributed by atoms with E-state index in [-0.39, 0.29) is 5.92 Å². The van der Waals surface area contributed by atoms with Crippen molar-refractivity contribution in [3.63, 3.8) is 0 Å². The van der Waals surface area contributed by atoms with Crippen LogP contribution in [0.5, 0.6) is 0 Å². The number of hydrogen-bond acceptors (Lipinski definition) is 4. The highest BCUT2D eigenvalue weighted by atomic mass is 16.6. The molecule has 2 rings (SSSR count). The third kappa shape index (κ3) is 8.38. The van der Waals surface area contributed by atoms with Crippen LogP contribution in [0.25, 0.3) is 0 Å². The number of nitrogens with one attached hydrogen (secondary N) is 2. The fourth-order valence-corrected chi connectivity index (χ4v) is 3.94. The highest BCUT2D eigenvalue weighted by molar-refractivity contribution is 6.00. The maximum Gasteiger partial charge on any atom is 0.408 e. The molecule has 0 aliphatic carbocycles. The van der Waals surface area contributed by atoms with Gasteiger partial charge < -0.3 is 15.4 Å². The van der Waals surface area contributed by atoms with E-state index in [2.05, 4.69) is 16.7 Å². The van der Waals surface area contributed by atoms with Crippen molar-refractivity contribution in [3.8, 4) is 12.5 Å². The SMILES string of the molecule is C#CN(C(=O)C(CC(C)C)NC(=O)OC(C)(C)C)C(C(=O)Nc1ccccc1C)c1cc(C)ccc1C. The summed E-state index contributed by atoms with van der Waals surface area (Å²) >= 11 is 0. The third-order valence-electron chi connectivity index (χ3n) is 5.71. The lowest BCUT2D eigenvalue weighted by molar-refractivity contribution is -0.137. The summed E-state index contributed by atoms with van der Waals surface area (Å²) in [7, 11) is 0. The van der Waals surface area contributed by atoms with Crippen molar-refractivity contribution in [2.24, 2.45) is 5.92 Å². The molecular formula is C30H39N3O4. The number of terminal acetylenes is 1. The fraction of sp³-hybridized carbons (Fsp3) is 0.433. The maximum atomic E-state index is 13.9. The Morgan fingerprint density at radius 3 is 2.24 bits per heavy atom. The number of anilines is 1. The van der Waals surface area contributed by atoms with Crippen molar-refractivity contribution in [1.29, 1.82) is 0 Å². The van der Waals surface area contributed by atoms with Crippen molar-refractivity contribution in [2.75, 3.05) is 5.32 Å². The molecule has 0 saturated heterocycles. The highest BCUT2D eigenvalue weighted by Gasteiger charge is 2.37. The molecule has 0 aromatic heterocycles. The minimum Gasteiger partial charge on any atom is -0.444 e. The smallest absolute Gasteiger partial charge is 0.408 e. The molecule has 7 nitrogen and oxygen atoms in total. The van der Waals surface area contributed by atoms with Crippen molar-refractivity contribution < 1.29 is 19.1 Å². The van der Waals surface area contributed by atoms with Crippen LogP contribution in [0.15, 0.2) is 42.5 Å². The van der Waals surface area contributed by atoms with Gasteiger partial charge in [-0.3, -0.25) is 14.5 Å². The van der Waals surface area contributed by atoms with Gasteiger partial charge in [-0.15, -0.1) is 0 Å². The minimum atomic E-state index is -1.12. The van der Waals surface area contributed by atoms with E-state index < -0.39 is 35.6 Å². The molecule has 0 heterocycles. The Bertz CT molecular complexity index is 1170. The number of aryl methyl sites for hydroxylation is 3. The number of rotatable bonds is 8. The summed E-state index contributed by atoms with van der Waals surface area (Å²) in [5.74, 6) is -0.953. The first-order valence-electron chi connectivity index (χ1n) is 12.5. The Balaban J connectivity index is 2.53. The van der Waals surface area contributed by atoms with E-state index in [1.807, 2.05) is 71.0 Å². The van der Waals surface area contributed by atoms with Crippen molar-refractivity contribution in [2.45, 2.75) is 79.5 Å². The number of carbonyl (C=O) groups excluding carboxylic acids is 3. The lowest BCUT2D eigenvalue weighted by Gasteiger charge is -2.32. The first-order valence-corrected chi connectivity index (χ1v) is 12.5. The van der Waals surface area contributed by atoms with E-state index in [1.165, 1.54) is 0 Å². The van der Waals surface area contributed by atoms with Gasteiger partial charge in [-0.05, 0) is 76.6 Å². The lowest BCUT2D eigenvalue weighted by atomic mass is 9.95. The van der Waals surface area contributed by atoms with Crippen LogP contribution < -0.4 is 10.6 Å². The van der Waals surface area contributed by atoms with Crippen molar-refractivity contribution in [1.82, 2.24) is 10.2 Å². The number of alkyl carbamates (subject to hydrolysis) is 1. The van der Waals surface area contributed by atoms with E-state index in [9.17, 15) is 14.4 Å². The average molecular weight is 506 g/mol. The molecule has 0 aliphatic rings. The summed E-state index contributed by atoms with van der Waals surface area (Å²) in [6.07, 6.45) is 5.48. The van der Waals surface area contributed by atoms with Crippen LogP contribution in [0.3, 0.4) is 0 Å². The molecular weight excluding hydrogens is 466 g/mol. The normalized spacial score (nSPS) is 12.8. The van der Waals surface area contributed by atoms with Gasteiger partial charge in [-0.2, -0.15) is 0 Å². The summed E-state index contributed by atoms with van der Waals surface area (Å²) in [4.78, 5) is 41.3. The standard InChI is InChI=1S/C30H39N3O4/c1-10-33(28(35)25(17-19(2)3)32-29(36)37-30(7,8)9)26(23-18-20(4)15-16-21(23)5)27(34)31-24-14-12-11-13-22(24)6/h1,11-16,18-19,25-26H,17H2,2-9H3,(H,31,34)(H,32,36). The van der Waals surface area contributed by atoms with Gasteiger partial charge in [0.25, 0.3) is 11.8 Å². The maximum absolute atomic E-state index is 13.9. The molecule has 2 atom stereocenters. The van der Waals surface area contributed by atoms with Gasteiger partial charge in [0, 0.05) is 11.7 Å². The molecule has 0 saturated carbocycles. The van der Waals surface area contributed by atoms with Gasteiger partial charge in [0.15, 0.2) is 0 Å².